The summed E-state index contributed by atoms with van der Waals surface area (Å²) >= 11 is 1.49. The molecule has 21 heavy (non-hydrogen) atoms. The minimum atomic E-state index is -0.257. The zero-order valence-electron chi connectivity index (χ0n) is 11.0. The number of aromatic nitrogens is 2. The average Bonchev–Trinajstić information content (AvgIpc) is 3.04. The minimum absolute atomic E-state index is 0.257. The molecule has 0 fully saturated rings. The molecule has 2 heterocycles. The minimum Gasteiger partial charge on any atom is -0.344 e. The molecule has 0 saturated heterocycles. The van der Waals surface area contributed by atoms with Crippen LogP contribution < -0.4 is 16.6 Å². The van der Waals surface area contributed by atoms with E-state index in [2.05, 4.69) is 20.7 Å². The molecule has 3 aromatic rings. The summed E-state index contributed by atoms with van der Waals surface area (Å²) in [6.45, 7) is 0.385. The van der Waals surface area contributed by atoms with Crippen LogP contribution in [0.15, 0.2) is 41.9 Å². The summed E-state index contributed by atoms with van der Waals surface area (Å²) in [5.41, 5.74) is 2.85. The Morgan fingerprint density at radius 2 is 2.19 bits per heavy atom. The van der Waals surface area contributed by atoms with Crippen molar-refractivity contribution in [3.8, 4) is 0 Å². The monoisotopic (exact) mass is 299 g/mol. The lowest BCUT2D eigenvalue weighted by molar-refractivity contribution is 0.0946. The first-order valence-corrected chi connectivity index (χ1v) is 7.19. The van der Waals surface area contributed by atoms with Crippen molar-refractivity contribution < 1.29 is 4.79 Å². The Labute approximate surface area is 125 Å². The van der Waals surface area contributed by atoms with Crippen molar-refractivity contribution in [3.05, 3.63) is 52.6 Å². The van der Waals surface area contributed by atoms with Gasteiger partial charge in [-0.15, -0.1) is 11.3 Å². The van der Waals surface area contributed by atoms with E-state index in [1.54, 1.807) is 12.3 Å². The lowest BCUT2D eigenvalue weighted by atomic mass is 10.1. The second-order valence-corrected chi connectivity index (χ2v) is 5.31. The molecule has 1 aromatic carbocycles. The standard InChI is InChI=1S/C14H13N5OS/c15-19-13-10-4-2-1-3-9(10)7-11(18-13)14(20)17-8-12-16-5-6-21-12/h1-7H,8,15H2,(H,17,20)(H,18,19). The van der Waals surface area contributed by atoms with Gasteiger partial charge in [0.1, 0.15) is 16.5 Å². The topological polar surface area (TPSA) is 92.9 Å². The molecule has 0 aliphatic carbocycles. The highest BCUT2D eigenvalue weighted by molar-refractivity contribution is 7.09. The van der Waals surface area contributed by atoms with Crippen molar-refractivity contribution in [3.63, 3.8) is 0 Å². The second-order valence-electron chi connectivity index (χ2n) is 4.33. The lowest BCUT2D eigenvalue weighted by Gasteiger charge is -2.08. The molecule has 0 aliphatic heterocycles. The maximum Gasteiger partial charge on any atom is 0.270 e. The molecule has 6 nitrogen and oxygen atoms in total. The van der Waals surface area contributed by atoms with Crippen molar-refractivity contribution in [2.24, 2.45) is 5.84 Å². The maximum atomic E-state index is 12.2. The number of hydrogen-bond acceptors (Lipinski definition) is 6. The summed E-state index contributed by atoms with van der Waals surface area (Å²) in [5, 5.41) is 7.29. The molecule has 4 N–H and O–H groups in total. The Morgan fingerprint density at radius 3 is 2.95 bits per heavy atom. The van der Waals surface area contributed by atoms with Crippen LogP contribution >= 0.6 is 11.3 Å². The van der Waals surface area contributed by atoms with E-state index in [9.17, 15) is 4.79 Å². The van der Waals surface area contributed by atoms with E-state index in [1.807, 2.05) is 29.6 Å². The number of hydrazine groups is 1. The van der Waals surface area contributed by atoms with Crippen LogP contribution in [0.4, 0.5) is 5.82 Å². The fourth-order valence-corrected chi connectivity index (χ4v) is 2.57. The third-order valence-electron chi connectivity index (χ3n) is 2.99. The van der Waals surface area contributed by atoms with Gasteiger partial charge in [0, 0.05) is 17.0 Å². The lowest BCUT2D eigenvalue weighted by Crippen LogP contribution is -2.24. The molecular formula is C14H13N5OS. The van der Waals surface area contributed by atoms with Crippen molar-refractivity contribution in [1.82, 2.24) is 15.3 Å². The molecule has 7 heteroatoms. The van der Waals surface area contributed by atoms with E-state index < -0.39 is 0 Å². The van der Waals surface area contributed by atoms with Gasteiger partial charge in [0.2, 0.25) is 0 Å². The molecule has 0 bridgehead atoms. The Hall–Kier alpha value is -2.51. The van der Waals surface area contributed by atoms with Crippen LogP contribution in [-0.4, -0.2) is 15.9 Å². The molecule has 0 saturated carbocycles. The first-order valence-electron chi connectivity index (χ1n) is 6.31. The van der Waals surface area contributed by atoms with Gasteiger partial charge in [-0.05, 0) is 11.5 Å². The SMILES string of the molecule is NNc1nc(C(=O)NCc2nccs2)cc2ccccc12. The molecule has 3 rings (SSSR count). The Kier molecular flexibility index (Phi) is 3.76. The summed E-state index contributed by atoms with van der Waals surface area (Å²) in [5.74, 6) is 5.71. The number of nitrogens with one attached hydrogen (secondary N) is 2. The quantitative estimate of drug-likeness (QED) is 0.505. The number of carbonyl (C=O) groups is 1. The van der Waals surface area contributed by atoms with Crippen molar-refractivity contribution in [2.75, 3.05) is 5.43 Å². The van der Waals surface area contributed by atoms with E-state index in [0.29, 0.717) is 18.1 Å². The van der Waals surface area contributed by atoms with Gasteiger partial charge in [-0.1, -0.05) is 24.3 Å². The Balaban J connectivity index is 1.87. The number of benzene rings is 1. The zero-order chi connectivity index (χ0) is 14.7. The van der Waals surface area contributed by atoms with Crippen molar-refractivity contribution in [1.29, 1.82) is 0 Å². The number of amides is 1. The van der Waals surface area contributed by atoms with Gasteiger partial charge >= 0.3 is 0 Å². The molecule has 0 radical (unpaired) electrons. The van der Waals surface area contributed by atoms with E-state index in [4.69, 9.17) is 5.84 Å². The highest BCUT2D eigenvalue weighted by Gasteiger charge is 2.11. The molecule has 0 unspecified atom stereocenters. The van der Waals surface area contributed by atoms with Gasteiger partial charge in [0.05, 0.1) is 6.54 Å². The third kappa shape index (κ3) is 2.83. The smallest absolute Gasteiger partial charge is 0.270 e. The summed E-state index contributed by atoms with van der Waals surface area (Å²) in [6.07, 6.45) is 1.71. The maximum absolute atomic E-state index is 12.2. The van der Waals surface area contributed by atoms with Crippen LogP contribution in [0.3, 0.4) is 0 Å². The number of carbonyl (C=O) groups excluding carboxylic acids is 1. The van der Waals surface area contributed by atoms with Gasteiger partial charge in [0.25, 0.3) is 5.91 Å². The molecule has 0 atom stereocenters. The van der Waals surface area contributed by atoms with Crippen LogP contribution in [-0.2, 0) is 6.54 Å². The van der Waals surface area contributed by atoms with Gasteiger partial charge in [-0.3, -0.25) is 4.79 Å². The van der Waals surface area contributed by atoms with E-state index >= 15 is 0 Å². The number of nitrogens with zero attached hydrogens (tertiary/aromatic N) is 2. The zero-order valence-corrected chi connectivity index (χ0v) is 11.9. The van der Waals surface area contributed by atoms with Crippen molar-refractivity contribution >= 4 is 33.8 Å². The summed E-state index contributed by atoms with van der Waals surface area (Å²) < 4.78 is 0. The third-order valence-corrected chi connectivity index (χ3v) is 3.77. The molecule has 0 spiro atoms. The molecule has 0 aliphatic rings. The summed E-state index contributed by atoms with van der Waals surface area (Å²) in [4.78, 5) is 20.6. The number of rotatable bonds is 4. The number of fused-ring (bicyclic) bond motifs is 1. The van der Waals surface area contributed by atoms with Gasteiger partial charge in [-0.25, -0.2) is 15.8 Å². The van der Waals surface area contributed by atoms with Crippen LogP contribution in [0.25, 0.3) is 10.8 Å². The van der Waals surface area contributed by atoms with E-state index in [0.717, 1.165) is 15.8 Å². The average molecular weight is 299 g/mol. The number of hydrogen-bond donors (Lipinski definition) is 3. The number of nitrogen functional groups attached to an aromatic ring is 1. The van der Waals surface area contributed by atoms with Crippen LogP contribution in [0.2, 0.25) is 0 Å². The molecule has 106 valence electrons. The molecule has 2 aromatic heterocycles. The second kappa shape index (κ2) is 5.86. The first-order chi connectivity index (χ1) is 10.3. The predicted octanol–water partition coefficient (Wildman–Crippen LogP) is 1.91. The largest absolute Gasteiger partial charge is 0.344 e. The molecular weight excluding hydrogens is 286 g/mol. The number of anilines is 1. The van der Waals surface area contributed by atoms with Gasteiger partial charge in [-0.2, -0.15) is 0 Å². The Bertz CT molecular complexity index is 772. The Morgan fingerprint density at radius 1 is 1.33 bits per heavy atom. The number of thiazole rings is 1. The van der Waals surface area contributed by atoms with E-state index in [-0.39, 0.29) is 5.91 Å². The van der Waals surface area contributed by atoms with Crippen LogP contribution in [0, 0.1) is 0 Å². The summed E-state index contributed by atoms with van der Waals surface area (Å²) in [7, 11) is 0. The van der Waals surface area contributed by atoms with E-state index in [1.165, 1.54) is 11.3 Å². The highest BCUT2D eigenvalue weighted by atomic mass is 32.1. The summed E-state index contributed by atoms with van der Waals surface area (Å²) in [6, 6.07) is 9.35. The fraction of sp³-hybridized carbons (Fsp3) is 0.0714. The van der Waals surface area contributed by atoms with Crippen LogP contribution in [0.1, 0.15) is 15.5 Å². The van der Waals surface area contributed by atoms with Gasteiger partial charge < -0.3 is 10.7 Å². The number of pyridine rings is 1. The fourth-order valence-electron chi connectivity index (χ4n) is 2.01. The first kappa shape index (κ1) is 13.5. The molecule has 1 amide bonds. The number of nitrogens with two attached hydrogens (primary N) is 1. The normalized spacial score (nSPS) is 10.5. The van der Waals surface area contributed by atoms with Gasteiger partial charge in [0.15, 0.2) is 0 Å². The highest BCUT2D eigenvalue weighted by Crippen LogP contribution is 2.21. The van der Waals surface area contributed by atoms with Crippen molar-refractivity contribution in [2.45, 2.75) is 6.54 Å². The predicted molar refractivity (Wildman–Crippen MR) is 82.8 cm³/mol. The van der Waals surface area contributed by atoms with Crippen LogP contribution in [0.5, 0.6) is 0 Å².